The van der Waals surface area contributed by atoms with Gasteiger partial charge in [0.25, 0.3) is 0 Å². The van der Waals surface area contributed by atoms with E-state index in [1.165, 1.54) is 25.1 Å². The van der Waals surface area contributed by atoms with Gasteiger partial charge in [-0.15, -0.1) is 0 Å². The molecule has 2 aromatic rings. The first-order valence-electron chi connectivity index (χ1n) is 10.00. The third kappa shape index (κ3) is 9.17. The van der Waals surface area contributed by atoms with Crippen LogP contribution < -0.4 is 16.0 Å². The van der Waals surface area contributed by atoms with Gasteiger partial charge in [-0.1, -0.05) is 18.2 Å². The van der Waals surface area contributed by atoms with Crippen LogP contribution in [-0.4, -0.2) is 39.6 Å². The molecular weight excluding hydrogens is 419 g/mol. The first kappa shape index (κ1) is 24.3. The lowest BCUT2D eigenvalue weighted by Gasteiger charge is -2.13. The van der Waals surface area contributed by atoms with E-state index in [-0.39, 0.29) is 18.2 Å². The average molecular weight is 449 g/mol. The first-order valence-corrected chi connectivity index (χ1v) is 12.1. The molecule has 2 aromatic carbocycles. The molecule has 1 amide bonds. The summed E-state index contributed by atoms with van der Waals surface area (Å²) in [5.74, 6) is -0.134. The van der Waals surface area contributed by atoms with Crippen LogP contribution >= 0.6 is 0 Å². The average Bonchev–Trinajstić information content (AvgIpc) is 2.68. The number of carbonyl (C=O) groups excluding carboxylic acids is 1. The summed E-state index contributed by atoms with van der Waals surface area (Å²) in [7, 11) is -3.24. The van der Waals surface area contributed by atoms with Crippen LogP contribution in [0, 0.1) is 5.82 Å². The number of guanidine groups is 1. The molecule has 0 bridgehead atoms. The van der Waals surface area contributed by atoms with E-state index in [1.807, 2.05) is 31.2 Å². The smallest absolute Gasteiger partial charge is 0.221 e. The van der Waals surface area contributed by atoms with E-state index in [0.717, 1.165) is 23.9 Å². The number of halogens is 1. The number of hydrogen-bond donors (Lipinski definition) is 3. The van der Waals surface area contributed by atoms with Gasteiger partial charge in [0.1, 0.15) is 5.82 Å². The van der Waals surface area contributed by atoms with Crippen LogP contribution in [0.3, 0.4) is 0 Å². The highest BCUT2D eigenvalue weighted by atomic mass is 32.2. The van der Waals surface area contributed by atoms with Gasteiger partial charge in [-0.3, -0.25) is 4.79 Å². The summed E-state index contributed by atoms with van der Waals surface area (Å²) in [6.45, 7) is 4.83. The zero-order valence-corrected chi connectivity index (χ0v) is 18.9. The second-order valence-electron chi connectivity index (χ2n) is 7.23. The molecule has 0 saturated carbocycles. The van der Waals surface area contributed by atoms with Crippen molar-refractivity contribution in [1.29, 1.82) is 0 Å². The van der Waals surface area contributed by atoms with Gasteiger partial charge in [0.2, 0.25) is 5.91 Å². The highest BCUT2D eigenvalue weighted by Crippen LogP contribution is 2.15. The number of amides is 1. The van der Waals surface area contributed by atoms with Crippen molar-refractivity contribution in [2.75, 3.05) is 24.7 Å². The van der Waals surface area contributed by atoms with Gasteiger partial charge in [-0.05, 0) is 54.3 Å². The number of aliphatic imine (C=N–C) groups is 1. The van der Waals surface area contributed by atoms with Crippen LogP contribution in [0.25, 0.3) is 0 Å². The Morgan fingerprint density at radius 2 is 1.77 bits per heavy atom. The number of nitrogens with zero attached hydrogens (tertiary/aromatic N) is 1. The zero-order chi connectivity index (χ0) is 22.9. The lowest BCUT2D eigenvalue weighted by molar-refractivity contribution is -0.114. The topological polar surface area (TPSA) is 99.7 Å². The van der Waals surface area contributed by atoms with Gasteiger partial charge in [-0.2, -0.15) is 0 Å². The number of rotatable bonds is 9. The minimum Gasteiger partial charge on any atom is -0.357 e. The fourth-order valence-corrected chi connectivity index (χ4v) is 3.80. The molecule has 0 aromatic heterocycles. The van der Waals surface area contributed by atoms with Gasteiger partial charge in [0.05, 0.1) is 12.3 Å². The van der Waals surface area contributed by atoms with Crippen LogP contribution in [0.15, 0.2) is 47.5 Å². The van der Waals surface area contributed by atoms with E-state index in [1.54, 1.807) is 0 Å². The molecule has 0 atom stereocenters. The van der Waals surface area contributed by atoms with Gasteiger partial charge in [0, 0.05) is 32.0 Å². The SMILES string of the molecule is CCNC(=NCc1cc(F)ccc1CS(C)(=O)=O)NCCc1ccc(NC(C)=O)cc1. The maximum absolute atomic E-state index is 13.7. The van der Waals surface area contributed by atoms with Crippen LogP contribution in [0.4, 0.5) is 10.1 Å². The minimum absolute atomic E-state index is 0.112. The molecule has 0 spiro atoms. The first-order chi connectivity index (χ1) is 14.7. The second-order valence-corrected chi connectivity index (χ2v) is 9.37. The van der Waals surface area contributed by atoms with E-state index in [9.17, 15) is 17.6 Å². The molecule has 0 aliphatic rings. The fourth-order valence-electron chi connectivity index (χ4n) is 2.95. The van der Waals surface area contributed by atoms with Crippen LogP contribution in [0.1, 0.15) is 30.5 Å². The lowest BCUT2D eigenvalue weighted by atomic mass is 10.1. The number of benzene rings is 2. The monoisotopic (exact) mass is 448 g/mol. The number of sulfone groups is 1. The Morgan fingerprint density at radius 1 is 1.06 bits per heavy atom. The predicted octanol–water partition coefficient (Wildman–Crippen LogP) is 2.63. The summed E-state index contributed by atoms with van der Waals surface area (Å²) in [6.07, 6.45) is 1.89. The van der Waals surface area contributed by atoms with Crippen LogP contribution in [0.5, 0.6) is 0 Å². The molecule has 2 rings (SSSR count). The molecule has 0 saturated heterocycles. The minimum atomic E-state index is -3.24. The largest absolute Gasteiger partial charge is 0.357 e. The van der Waals surface area contributed by atoms with Crippen molar-refractivity contribution in [1.82, 2.24) is 10.6 Å². The molecule has 0 aliphatic carbocycles. The lowest BCUT2D eigenvalue weighted by Crippen LogP contribution is -2.38. The zero-order valence-electron chi connectivity index (χ0n) is 18.0. The van der Waals surface area contributed by atoms with Gasteiger partial charge < -0.3 is 16.0 Å². The summed E-state index contributed by atoms with van der Waals surface area (Å²) < 4.78 is 37.0. The molecule has 0 unspecified atom stereocenters. The van der Waals surface area contributed by atoms with Crippen molar-refractivity contribution in [3.8, 4) is 0 Å². The van der Waals surface area contributed by atoms with E-state index < -0.39 is 15.7 Å². The standard InChI is InChI=1S/C22H29FN4O3S/c1-4-24-22(25-12-11-17-5-9-21(10-6-17)27-16(2)28)26-14-19-13-20(23)8-7-18(19)15-31(3,29)30/h5-10,13H,4,11-12,14-15H2,1-3H3,(H,27,28)(H2,24,25,26). The molecule has 3 N–H and O–H groups in total. The van der Waals surface area contributed by atoms with E-state index >= 15 is 0 Å². The molecule has 0 fully saturated rings. The van der Waals surface area contributed by atoms with Crippen molar-refractivity contribution in [3.05, 3.63) is 65.0 Å². The summed E-state index contributed by atoms with van der Waals surface area (Å²) in [6, 6.07) is 11.7. The van der Waals surface area contributed by atoms with Gasteiger partial charge in [-0.25, -0.2) is 17.8 Å². The van der Waals surface area contributed by atoms with Crippen LogP contribution in [0.2, 0.25) is 0 Å². The molecular formula is C22H29FN4O3S. The number of carbonyl (C=O) groups is 1. The Kier molecular flexibility index (Phi) is 8.99. The van der Waals surface area contributed by atoms with E-state index in [2.05, 4.69) is 20.9 Å². The molecule has 0 aliphatic heterocycles. The maximum Gasteiger partial charge on any atom is 0.221 e. The van der Waals surface area contributed by atoms with Gasteiger partial charge >= 0.3 is 0 Å². The highest BCUT2D eigenvalue weighted by molar-refractivity contribution is 7.89. The third-order valence-electron chi connectivity index (χ3n) is 4.32. The Balaban J connectivity index is 2.01. The summed E-state index contributed by atoms with van der Waals surface area (Å²) in [5, 5.41) is 9.09. The second kappa shape index (κ2) is 11.5. The summed E-state index contributed by atoms with van der Waals surface area (Å²) >= 11 is 0. The van der Waals surface area contributed by atoms with Gasteiger partial charge in [0.15, 0.2) is 15.8 Å². The molecule has 9 heteroatoms. The summed E-state index contributed by atoms with van der Waals surface area (Å²) in [4.78, 5) is 15.6. The van der Waals surface area contributed by atoms with Crippen molar-refractivity contribution >= 4 is 27.4 Å². The molecule has 31 heavy (non-hydrogen) atoms. The summed E-state index contributed by atoms with van der Waals surface area (Å²) in [5.41, 5.74) is 2.93. The Labute approximate surface area is 183 Å². The van der Waals surface area contributed by atoms with E-state index in [4.69, 9.17) is 0 Å². The number of anilines is 1. The third-order valence-corrected chi connectivity index (χ3v) is 5.15. The highest BCUT2D eigenvalue weighted by Gasteiger charge is 2.11. The quantitative estimate of drug-likeness (QED) is 0.405. The Bertz CT molecular complexity index is 1020. The van der Waals surface area contributed by atoms with Crippen molar-refractivity contribution < 1.29 is 17.6 Å². The molecule has 0 heterocycles. The Morgan fingerprint density at radius 3 is 2.39 bits per heavy atom. The van der Waals surface area contributed by atoms with Crippen molar-refractivity contribution in [2.45, 2.75) is 32.6 Å². The number of nitrogens with one attached hydrogen (secondary N) is 3. The maximum atomic E-state index is 13.7. The Hall–Kier alpha value is -2.94. The van der Waals surface area contributed by atoms with E-state index in [0.29, 0.717) is 30.2 Å². The fraction of sp³-hybridized carbons (Fsp3) is 0.364. The number of hydrogen-bond acceptors (Lipinski definition) is 4. The molecule has 168 valence electrons. The van der Waals surface area contributed by atoms with Crippen molar-refractivity contribution in [3.63, 3.8) is 0 Å². The molecule has 0 radical (unpaired) electrons. The predicted molar refractivity (Wildman–Crippen MR) is 122 cm³/mol. The normalized spacial score (nSPS) is 11.8. The molecule has 7 nitrogen and oxygen atoms in total. The van der Waals surface area contributed by atoms with Crippen LogP contribution in [-0.2, 0) is 33.4 Å². The van der Waals surface area contributed by atoms with Crippen molar-refractivity contribution in [2.24, 2.45) is 4.99 Å².